The molecule has 2 aromatic heterocycles. The van der Waals surface area contributed by atoms with E-state index in [4.69, 9.17) is 10.5 Å². The maximum Gasteiger partial charge on any atom is 0.186 e. The normalized spacial score (nSPS) is 11.3. The predicted molar refractivity (Wildman–Crippen MR) is 77.8 cm³/mol. The standard InChI is InChI=1S/C14H17N5O/c1-8-4-9(2)6-10(5-8)19-14-12(13(15)16-17-14)11(18-19)7-20-3/h4-6H,7H2,1-3H3,(H3,15,16,17). The highest BCUT2D eigenvalue weighted by Gasteiger charge is 2.17. The lowest BCUT2D eigenvalue weighted by molar-refractivity contribution is 0.182. The van der Waals surface area contributed by atoms with Gasteiger partial charge in [0.05, 0.1) is 17.7 Å². The molecule has 6 nitrogen and oxygen atoms in total. The number of hydrogen-bond donors (Lipinski definition) is 2. The number of rotatable bonds is 3. The first-order valence-corrected chi connectivity index (χ1v) is 6.39. The van der Waals surface area contributed by atoms with Gasteiger partial charge in [-0.15, -0.1) is 0 Å². The molecule has 0 spiro atoms. The summed E-state index contributed by atoms with van der Waals surface area (Å²) in [6, 6.07) is 6.26. The zero-order chi connectivity index (χ0) is 14.3. The smallest absolute Gasteiger partial charge is 0.186 e. The third kappa shape index (κ3) is 1.94. The minimum absolute atomic E-state index is 0.401. The number of fused-ring (bicyclic) bond motifs is 1. The Morgan fingerprint density at radius 2 is 1.95 bits per heavy atom. The number of H-pyrrole nitrogens is 1. The van der Waals surface area contributed by atoms with Gasteiger partial charge in [0.15, 0.2) is 5.65 Å². The molecule has 0 saturated carbocycles. The summed E-state index contributed by atoms with van der Waals surface area (Å²) >= 11 is 0. The number of hydrogen-bond acceptors (Lipinski definition) is 4. The number of benzene rings is 1. The summed E-state index contributed by atoms with van der Waals surface area (Å²) in [6.45, 7) is 4.52. The van der Waals surface area contributed by atoms with Crippen molar-refractivity contribution >= 4 is 16.9 Å². The molecule has 3 N–H and O–H groups in total. The molecular formula is C14H17N5O. The molecule has 0 aliphatic rings. The van der Waals surface area contributed by atoms with Gasteiger partial charge in [-0.2, -0.15) is 10.2 Å². The van der Waals surface area contributed by atoms with Crippen LogP contribution in [0.25, 0.3) is 16.7 Å². The van der Waals surface area contributed by atoms with Crippen LogP contribution in [0, 0.1) is 13.8 Å². The van der Waals surface area contributed by atoms with E-state index in [-0.39, 0.29) is 0 Å². The first-order chi connectivity index (χ1) is 9.60. The second-order valence-electron chi connectivity index (χ2n) is 4.97. The minimum Gasteiger partial charge on any atom is -0.383 e. The summed E-state index contributed by atoms with van der Waals surface area (Å²) in [5.74, 6) is 0.516. The zero-order valence-electron chi connectivity index (χ0n) is 11.8. The van der Waals surface area contributed by atoms with Gasteiger partial charge in [-0.05, 0) is 37.1 Å². The molecule has 104 valence electrons. The average molecular weight is 271 g/mol. The Morgan fingerprint density at radius 1 is 1.25 bits per heavy atom. The molecule has 0 atom stereocenters. The second kappa shape index (κ2) is 4.64. The molecule has 3 aromatic rings. The average Bonchev–Trinajstić information content (AvgIpc) is 2.91. The summed E-state index contributed by atoms with van der Waals surface area (Å²) in [5.41, 5.74) is 10.8. The van der Waals surface area contributed by atoms with Gasteiger partial charge in [-0.1, -0.05) is 6.07 Å². The van der Waals surface area contributed by atoms with Crippen LogP contribution < -0.4 is 5.73 Å². The minimum atomic E-state index is 0.401. The van der Waals surface area contributed by atoms with E-state index in [0.29, 0.717) is 12.4 Å². The van der Waals surface area contributed by atoms with Gasteiger partial charge in [-0.3, -0.25) is 5.10 Å². The van der Waals surface area contributed by atoms with Gasteiger partial charge in [0, 0.05) is 7.11 Å². The van der Waals surface area contributed by atoms with Crippen LogP contribution in [0.3, 0.4) is 0 Å². The maximum atomic E-state index is 5.93. The van der Waals surface area contributed by atoms with Gasteiger partial charge in [0.25, 0.3) is 0 Å². The molecule has 0 bridgehead atoms. The van der Waals surface area contributed by atoms with Crippen LogP contribution in [0.1, 0.15) is 16.8 Å². The zero-order valence-corrected chi connectivity index (χ0v) is 11.8. The third-order valence-corrected chi connectivity index (χ3v) is 3.22. The Hall–Kier alpha value is -2.34. The molecule has 6 heteroatoms. The Balaban J connectivity index is 2.25. The van der Waals surface area contributed by atoms with Crippen LogP contribution in [0.4, 0.5) is 5.82 Å². The molecule has 0 radical (unpaired) electrons. The summed E-state index contributed by atoms with van der Waals surface area (Å²) in [6.07, 6.45) is 0. The van der Waals surface area contributed by atoms with Crippen LogP contribution >= 0.6 is 0 Å². The van der Waals surface area contributed by atoms with E-state index in [1.807, 2.05) is 0 Å². The largest absolute Gasteiger partial charge is 0.383 e. The summed E-state index contributed by atoms with van der Waals surface area (Å²) in [7, 11) is 1.64. The molecular weight excluding hydrogens is 254 g/mol. The molecule has 1 aromatic carbocycles. The van der Waals surface area contributed by atoms with Crippen LogP contribution in [-0.2, 0) is 11.3 Å². The molecule has 20 heavy (non-hydrogen) atoms. The molecule has 0 aliphatic heterocycles. The number of nitrogens with zero attached hydrogens (tertiary/aromatic N) is 3. The quantitative estimate of drug-likeness (QED) is 0.764. The first kappa shape index (κ1) is 12.7. The maximum absolute atomic E-state index is 5.93. The van der Waals surface area contributed by atoms with E-state index >= 15 is 0 Å². The molecule has 0 amide bonds. The van der Waals surface area contributed by atoms with Crippen molar-refractivity contribution in [2.45, 2.75) is 20.5 Å². The van der Waals surface area contributed by atoms with Gasteiger partial charge < -0.3 is 10.5 Å². The lowest BCUT2D eigenvalue weighted by Crippen LogP contribution is -2.00. The fourth-order valence-corrected chi connectivity index (χ4v) is 2.49. The molecule has 0 unspecified atom stereocenters. The topological polar surface area (TPSA) is 81.8 Å². The van der Waals surface area contributed by atoms with Crippen molar-refractivity contribution in [2.75, 3.05) is 12.8 Å². The van der Waals surface area contributed by atoms with E-state index in [9.17, 15) is 0 Å². The van der Waals surface area contributed by atoms with E-state index in [1.54, 1.807) is 11.8 Å². The summed E-state index contributed by atoms with van der Waals surface area (Å²) < 4.78 is 6.99. The first-order valence-electron chi connectivity index (χ1n) is 6.39. The number of nitrogen functional groups attached to an aromatic ring is 1. The highest BCUT2D eigenvalue weighted by molar-refractivity contribution is 5.89. The van der Waals surface area contributed by atoms with E-state index < -0.39 is 0 Å². The van der Waals surface area contributed by atoms with Gasteiger partial charge in [0.2, 0.25) is 0 Å². The number of methoxy groups -OCH3 is 1. The van der Waals surface area contributed by atoms with Crippen LogP contribution in [0.2, 0.25) is 0 Å². The van der Waals surface area contributed by atoms with Gasteiger partial charge in [0.1, 0.15) is 11.5 Å². The van der Waals surface area contributed by atoms with Crippen molar-refractivity contribution in [3.8, 4) is 5.69 Å². The lowest BCUT2D eigenvalue weighted by Gasteiger charge is -2.05. The van der Waals surface area contributed by atoms with E-state index in [1.165, 1.54) is 11.1 Å². The van der Waals surface area contributed by atoms with Crippen molar-refractivity contribution < 1.29 is 4.74 Å². The molecule has 3 rings (SSSR count). The predicted octanol–water partition coefficient (Wildman–Crippen LogP) is 2.09. The van der Waals surface area contributed by atoms with Crippen LogP contribution in [0.15, 0.2) is 18.2 Å². The summed E-state index contributed by atoms with van der Waals surface area (Å²) in [4.78, 5) is 0. The summed E-state index contributed by atoms with van der Waals surface area (Å²) in [5, 5.41) is 12.5. The second-order valence-corrected chi connectivity index (χ2v) is 4.97. The molecule has 0 saturated heterocycles. The Morgan fingerprint density at radius 3 is 2.60 bits per heavy atom. The Labute approximate surface area is 116 Å². The fourth-order valence-electron chi connectivity index (χ4n) is 2.49. The SMILES string of the molecule is COCc1nn(-c2cc(C)cc(C)c2)c2n[nH]c(N)c12. The number of nitrogens with one attached hydrogen (secondary N) is 1. The number of aromatic amines is 1. The molecule has 2 heterocycles. The number of nitrogens with two attached hydrogens (primary N) is 1. The highest BCUT2D eigenvalue weighted by atomic mass is 16.5. The third-order valence-electron chi connectivity index (χ3n) is 3.22. The number of ether oxygens (including phenoxy) is 1. The van der Waals surface area contributed by atoms with Crippen LogP contribution in [0.5, 0.6) is 0 Å². The Bertz CT molecular complexity index is 751. The van der Waals surface area contributed by atoms with Crippen molar-refractivity contribution in [3.05, 3.63) is 35.0 Å². The highest BCUT2D eigenvalue weighted by Crippen LogP contribution is 2.26. The molecule has 0 aliphatic carbocycles. The fraction of sp³-hybridized carbons (Fsp3) is 0.286. The van der Waals surface area contributed by atoms with Gasteiger partial charge >= 0.3 is 0 Å². The van der Waals surface area contributed by atoms with Crippen molar-refractivity contribution in [2.24, 2.45) is 0 Å². The van der Waals surface area contributed by atoms with Crippen molar-refractivity contribution in [3.63, 3.8) is 0 Å². The van der Waals surface area contributed by atoms with E-state index in [2.05, 4.69) is 47.3 Å². The van der Waals surface area contributed by atoms with Crippen LogP contribution in [-0.4, -0.2) is 27.1 Å². The monoisotopic (exact) mass is 271 g/mol. The number of anilines is 1. The van der Waals surface area contributed by atoms with Crippen molar-refractivity contribution in [1.82, 2.24) is 20.0 Å². The van der Waals surface area contributed by atoms with Crippen molar-refractivity contribution in [1.29, 1.82) is 0 Å². The number of aryl methyl sites for hydroxylation is 2. The Kier molecular flexibility index (Phi) is 2.94. The van der Waals surface area contributed by atoms with Gasteiger partial charge in [-0.25, -0.2) is 4.68 Å². The lowest BCUT2D eigenvalue weighted by atomic mass is 10.1. The van der Waals surface area contributed by atoms with E-state index in [0.717, 1.165) is 22.4 Å². The molecule has 0 fully saturated rings. The number of aromatic nitrogens is 4.